The fourth-order valence-corrected chi connectivity index (χ4v) is 1.58. The predicted molar refractivity (Wildman–Crippen MR) is 64.2 cm³/mol. The van der Waals surface area contributed by atoms with Crippen molar-refractivity contribution < 1.29 is 0 Å². The van der Waals surface area contributed by atoms with E-state index in [0.29, 0.717) is 0 Å². The van der Waals surface area contributed by atoms with Crippen LogP contribution in [0.2, 0.25) is 0 Å². The maximum absolute atomic E-state index is 4.55. The predicted octanol–water partition coefficient (Wildman–Crippen LogP) is 2.21. The molecule has 0 saturated heterocycles. The van der Waals surface area contributed by atoms with Gasteiger partial charge in [-0.2, -0.15) is 0 Å². The SMILES string of the molecule is CCc1nc(CCNC(C)(C)C)[nH]c1C. The van der Waals surface area contributed by atoms with Crippen molar-refractivity contribution in [3.8, 4) is 0 Å². The second-order valence-corrected chi connectivity index (χ2v) is 5.04. The van der Waals surface area contributed by atoms with Gasteiger partial charge >= 0.3 is 0 Å². The van der Waals surface area contributed by atoms with E-state index >= 15 is 0 Å². The number of aromatic amines is 1. The zero-order valence-electron chi connectivity index (χ0n) is 10.6. The Kier molecular flexibility index (Phi) is 3.91. The molecule has 0 saturated carbocycles. The van der Waals surface area contributed by atoms with E-state index in [9.17, 15) is 0 Å². The van der Waals surface area contributed by atoms with Gasteiger partial charge in [0.05, 0.1) is 5.69 Å². The van der Waals surface area contributed by atoms with Gasteiger partial charge in [0, 0.05) is 24.2 Å². The standard InChI is InChI=1S/C12H23N3/c1-6-10-9(2)14-11(15-10)7-8-13-12(3,4)5/h13H,6-8H2,1-5H3,(H,14,15). The fourth-order valence-electron chi connectivity index (χ4n) is 1.58. The van der Waals surface area contributed by atoms with Crippen LogP contribution in [0.5, 0.6) is 0 Å². The Morgan fingerprint density at radius 3 is 2.47 bits per heavy atom. The third-order valence-corrected chi connectivity index (χ3v) is 2.39. The summed E-state index contributed by atoms with van der Waals surface area (Å²) in [6.07, 6.45) is 1.98. The molecule has 0 bridgehead atoms. The van der Waals surface area contributed by atoms with Gasteiger partial charge in [0.1, 0.15) is 5.82 Å². The van der Waals surface area contributed by atoms with E-state index in [0.717, 1.165) is 25.2 Å². The lowest BCUT2D eigenvalue weighted by molar-refractivity contribution is 0.427. The Bertz CT molecular complexity index is 307. The van der Waals surface area contributed by atoms with Crippen LogP contribution in [0, 0.1) is 6.92 Å². The van der Waals surface area contributed by atoms with Gasteiger partial charge in [-0.15, -0.1) is 0 Å². The van der Waals surface area contributed by atoms with E-state index in [-0.39, 0.29) is 5.54 Å². The normalized spacial score (nSPS) is 12.1. The molecule has 0 aromatic carbocycles. The summed E-state index contributed by atoms with van der Waals surface area (Å²) in [5.74, 6) is 1.10. The highest BCUT2D eigenvalue weighted by molar-refractivity contribution is 5.12. The van der Waals surface area contributed by atoms with Crippen molar-refractivity contribution >= 4 is 0 Å². The number of aromatic nitrogens is 2. The first kappa shape index (κ1) is 12.2. The van der Waals surface area contributed by atoms with Crippen molar-refractivity contribution in [3.05, 3.63) is 17.2 Å². The van der Waals surface area contributed by atoms with Crippen molar-refractivity contribution in [2.45, 2.75) is 53.0 Å². The summed E-state index contributed by atoms with van der Waals surface area (Å²) in [4.78, 5) is 7.88. The Balaban J connectivity index is 2.44. The van der Waals surface area contributed by atoms with Crippen molar-refractivity contribution in [3.63, 3.8) is 0 Å². The molecule has 0 fully saturated rings. The molecule has 0 atom stereocenters. The topological polar surface area (TPSA) is 40.7 Å². The maximum atomic E-state index is 4.55. The molecule has 1 aromatic heterocycles. The zero-order chi connectivity index (χ0) is 11.5. The second kappa shape index (κ2) is 4.79. The largest absolute Gasteiger partial charge is 0.346 e. The molecule has 0 aliphatic heterocycles. The van der Waals surface area contributed by atoms with Crippen molar-refractivity contribution in [1.29, 1.82) is 0 Å². The minimum absolute atomic E-state index is 0.190. The van der Waals surface area contributed by atoms with Gasteiger partial charge in [-0.1, -0.05) is 6.92 Å². The van der Waals surface area contributed by atoms with Crippen LogP contribution in [0.15, 0.2) is 0 Å². The first-order valence-electron chi connectivity index (χ1n) is 5.71. The van der Waals surface area contributed by atoms with Gasteiger partial charge in [0.25, 0.3) is 0 Å². The minimum Gasteiger partial charge on any atom is -0.346 e. The van der Waals surface area contributed by atoms with Gasteiger partial charge < -0.3 is 10.3 Å². The summed E-state index contributed by atoms with van der Waals surface area (Å²) in [6.45, 7) is 11.7. The third-order valence-electron chi connectivity index (χ3n) is 2.39. The number of imidazole rings is 1. The summed E-state index contributed by atoms with van der Waals surface area (Å²) < 4.78 is 0. The zero-order valence-corrected chi connectivity index (χ0v) is 10.6. The van der Waals surface area contributed by atoms with Crippen LogP contribution in [0.4, 0.5) is 0 Å². The van der Waals surface area contributed by atoms with Crippen LogP contribution in [0.25, 0.3) is 0 Å². The first-order valence-corrected chi connectivity index (χ1v) is 5.71. The monoisotopic (exact) mass is 209 g/mol. The molecule has 0 radical (unpaired) electrons. The summed E-state index contributed by atoms with van der Waals surface area (Å²) in [5.41, 5.74) is 2.60. The van der Waals surface area contributed by atoms with Gasteiger partial charge in [0.15, 0.2) is 0 Å². The van der Waals surface area contributed by atoms with Gasteiger partial charge in [-0.05, 0) is 34.1 Å². The van der Waals surface area contributed by atoms with E-state index in [2.05, 4.69) is 49.9 Å². The number of H-pyrrole nitrogens is 1. The number of aryl methyl sites for hydroxylation is 2. The van der Waals surface area contributed by atoms with Crippen LogP contribution in [-0.2, 0) is 12.8 Å². The molecule has 0 unspecified atom stereocenters. The minimum atomic E-state index is 0.190. The summed E-state index contributed by atoms with van der Waals surface area (Å²) in [7, 11) is 0. The molecule has 1 rings (SSSR count). The molecule has 15 heavy (non-hydrogen) atoms. The molecule has 0 spiro atoms. The Labute approximate surface area is 92.7 Å². The van der Waals surface area contributed by atoms with Crippen molar-refractivity contribution in [2.75, 3.05) is 6.54 Å². The lowest BCUT2D eigenvalue weighted by Crippen LogP contribution is -2.37. The number of hydrogen-bond acceptors (Lipinski definition) is 2. The van der Waals surface area contributed by atoms with Gasteiger partial charge in [0.2, 0.25) is 0 Å². The highest BCUT2D eigenvalue weighted by atomic mass is 15.0. The fraction of sp³-hybridized carbons (Fsp3) is 0.750. The molecule has 0 aliphatic carbocycles. The van der Waals surface area contributed by atoms with Crippen LogP contribution in [-0.4, -0.2) is 22.1 Å². The summed E-state index contributed by atoms with van der Waals surface area (Å²) in [5, 5.41) is 3.46. The van der Waals surface area contributed by atoms with E-state index in [1.165, 1.54) is 11.4 Å². The third kappa shape index (κ3) is 4.04. The second-order valence-electron chi connectivity index (χ2n) is 5.04. The Morgan fingerprint density at radius 1 is 1.33 bits per heavy atom. The average Bonchev–Trinajstić information content (AvgIpc) is 2.44. The lowest BCUT2D eigenvalue weighted by atomic mass is 10.1. The highest BCUT2D eigenvalue weighted by Crippen LogP contribution is 2.06. The Morgan fingerprint density at radius 2 is 2.00 bits per heavy atom. The number of nitrogens with one attached hydrogen (secondary N) is 2. The van der Waals surface area contributed by atoms with E-state index in [1.807, 2.05) is 0 Å². The maximum Gasteiger partial charge on any atom is 0.107 e. The van der Waals surface area contributed by atoms with E-state index < -0.39 is 0 Å². The van der Waals surface area contributed by atoms with Crippen LogP contribution in [0.3, 0.4) is 0 Å². The molecule has 3 nitrogen and oxygen atoms in total. The lowest BCUT2D eigenvalue weighted by Gasteiger charge is -2.19. The van der Waals surface area contributed by atoms with E-state index in [4.69, 9.17) is 0 Å². The molecular weight excluding hydrogens is 186 g/mol. The van der Waals surface area contributed by atoms with Crippen LogP contribution in [0.1, 0.15) is 44.9 Å². The Hall–Kier alpha value is -0.830. The molecular formula is C12H23N3. The van der Waals surface area contributed by atoms with Crippen molar-refractivity contribution in [1.82, 2.24) is 15.3 Å². The van der Waals surface area contributed by atoms with Crippen LogP contribution < -0.4 is 5.32 Å². The smallest absolute Gasteiger partial charge is 0.107 e. The van der Waals surface area contributed by atoms with E-state index in [1.54, 1.807) is 0 Å². The molecule has 1 heterocycles. The first-order chi connectivity index (χ1) is 6.92. The average molecular weight is 209 g/mol. The summed E-state index contributed by atoms with van der Waals surface area (Å²) >= 11 is 0. The molecule has 1 aromatic rings. The number of rotatable bonds is 4. The van der Waals surface area contributed by atoms with Gasteiger partial charge in [-0.3, -0.25) is 0 Å². The van der Waals surface area contributed by atoms with Crippen molar-refractivity contribution in [2.24, 2.45) is 0 Å². The highest BCUT2D eigenvalue weighted by Gasteiger charge is 2.09. The molecule has 86 valence electrons. The number of hydrogen-bond donors (Lipinski definition) is 2. The molecule has 0 aliphatic rings. The van der Waals surface area contributed by atoms with Gasteiger partial charge in [-0.25, -0.2) is 4.98 Å². The van der Waals surface area contributed by atoms with Crippen LogP contribution >= 0.6 is 0 Å². The summed E-state index contributed by atoms with van der Waals surface area (Å²) in [6, 6.07) is 0. The number of nitrogens with zero attached hydrogens (tertiary/aromatic N) is 1. The molecule has 0 amide bonds. The molecule has 2 N–H and O–H groups in total. The quantitative estimate of drug-likeness (QED) is 0.798. The molecule has 3 heteroatoms.